The predicted molar refractivity (Wildman–Crippen MR) is 43.2 cm³/mol. The molecule has 0 aliphatic carbocycles. The van der Waals surface area contributed by atoms with Gasteiger partial charge in [-0.15, -0.1) is 0 Å². The lowest BCUT2D eigenvalue weighted by atomic mass is 9.80. The molecule has 0 aliphatic rings. The van der Waals surface area contributed by atoms with Crippen molar-refractivity contribution in [1.82, 2.24) is 0 Å². The second-order valence-corrected chi connectivity index (χ2v) is 3.91. The SMILES string of the molecule is [CH2]CCC(C)C(C)(C)C. The van der Waals surface area contributed by atoms with Gasteiger partial charge < -0.3 is 0 Å². The summed E-state index contributed by atoms with van der Waals surface area (Å²) in [5, 5.41) is 0. The van der Waals surface area contributed by atoms with Gasteiger partial charge in [-0.2, -0.15) is 0 Å². The summed E-state index contributed by atoms with van der Waals surface area (Å²) in [6.07, 6.45) is 2.32. The monoisotopic (exact) mass is 127 g/mol. The zero-order valence-corrected chi connectivity index (χ0v) is 7.20. The molecule has 1 unspecified atom stereocenters. The molecule has 0 spiro atoms. The Morgan fingerprint density at radius 3 is 1.89 bits per heavy atom. The third-order valence-electron chi connectivity index (χ3n) is 2.12. The number of hydrogen-bond acceptors (Lipinski definition) is 0. The molecule has 0 aliphatic heterocycles. The maximum Gasteiger partial charge on any atom is -0.0357 e. The minimum absolute atomic E-state index is 0.470. The van der Waals surface area contributed by atoms with E-state index in [4.69, 9.17) is 0 Å². The molecule has 0 aromatic carbocycles. The Labute approximate surface area is 59.7 Å². The van der Waals surface area contributed by atoms with Crippen LogP contribution < -0.4 is 0 Å². The highest BCUT2D eigenvalue weighted by atomic mass is 14.2. The molecule has 1 atom stereocenters. The maximum atomic E-state index is 3.84. The third-order valence-corrected chi connectivity index (χ3v) is 2.12. The van der Waals surface area contributed by atoms with Crippen LogP contribution in [-0.2, 0) is 0 Å². The summed E-state index contributed by atoms with van der Waals surface area (Å²) in [4.78, 5) is 0. The highest BCUT2D eigenvalue weighted by Gasteiger charge is 2.18. The quantitative estimate of drug-likeness (QED) is 0.534. The minimum Gasteiger partial charge on any atom is -0.0620 e. The molecular formula is C9H19. The fourth-order valence-corrected chi connectivity index (χ4v) is 0.739. The van der Waals surface area contributed by atoms with Crippen molar-refractivity contribution < 1.29 is 0 Å². The van der Waals surface area contributed by atoms with E-state index >= 15 is 0 Å². The van der Waals surface area contributed by atoms with Crippen LogP contribution in [0.3, 0.4) is 0 Å². The fourth-order valence-electron chi connectivity index (χ4n) is 0.739. The van der Waals surface area contributed by atoms with E-state index in [1.807, 2.05) is 0 Å². The van der Waals surface area contributed by atoms with Crippen molar-refractivity contribution in [3.05, 3.63) is 6.92 Å². The van der Waals surface area contributed by atoms with E-state index in [2.05, 4.69) is 34.6 Å². The molecule has 0 rings (SSSR count). The van der Waals surface area contributed by atoms with Crippen LogP contribution in [0, 0.1) is 18.3 Å². The largest absolute Gasteiger partial charge is 0.0620 e. The van der Waals surface area contributed by atoms with Crippen LogP contribution in [0.4, 0.5) is 0 Å². The first-order chi connectivity index (χ1) is 3.98. The van der Waals surface area contributed by atoms with Gasteiger partial charge in [-0.05, 0) is 11.3 Å². The van der Waals surface area contributed by atoms with Crippen LogP contribution in [0.2, 0.25) is 0 Å². The Morgan fingerprint density at radius 2 is 1.78 bits per heavy atom. The summed E-state index contributed by atoms with van der Waals surface area (Å²) in [5.41, 5.74) is 0.470. The molecule has 0 saturated carbocycles. The van der Waals surface area contributed by atoms with E-state index in [1.54, 1.807) is 0 Å². The lowest BCUT2D eigenvalue weighted by Crippen LogP contribution is -2.16. The molecule has 0 heterocycles. The minimum atomic E-state index is 0.470. The van der Waals surface area contributed by atoms with Crippen molar-refractivity contribution in [2.24, 2.45) is 11.3 Å². The Morgan fingerprint density at radius 1 is 1.33 bits per heavy atom. The van der Waals surface area contributed by atoms with E-state index in [1.165, 1.54) is 6.42 Å². The summed E-state index contributed by atoms with van der Waals surface area (Å²) >= 11 is 0. The van der Waals surface area contributed by atoms with Gasteiger partial charge >= 0.3 is 0 Å². The molecular weight excluding hydrogens is 108 g/mol. The molecule has 0 bridgehead atoms. The molecule has 55 valence electrons. The van der Waals surface area contributed by atoms with Crippen molar-refractivity contribution in [2.75, 3.05) is 0 Å². The first kappa shape index (κ1) is 9.00. The number of rotatable bonds is 2. The molecule has 0 heteroatoms. The van der Waals surface area contributed by atoms with E-state index in [0.29, 0.717) is 5.41 Å². The number of hydrogen-bond donors (Lipinski definition) is 0. The van der Waals surface area contributed by atoms with Gasteiger partial charge in [0.15, 0.2) is 0 Å². The molecule has 0 aromatic rings. The second kappa shape index (κ2) is 3.24. The molecule has 0 nitrogen and oxygen atoms in total. The van der Waals surface area contributed by atoms with Crippen molar-refractivity contribution in [3.63, 3.8) is 0 Å². The van der Waals surface area contributed by atoms with Crippen LogP contribution in [0.1, 0.15) is 40.5 Å². The first-order valence-electron chi connectivity index (χ1n) is 3.77. The zero-order valence-electron chi connectivity index (χ0n) is 7.20. The van der Waals surface area contributed by atoms with Crippen molar-refractivity contribution >= 4 is 0 Å². The van der Waals surface area contributed by atoms with Gasteiger partial charge in [0.2, 0.25) is 0 Å². The van der Waals surface area contributed by atoms with Gasteiger partial charge in [0.25, 0.3) is 0 Å². The highest BCUT2D eigenvalue weighted by molar-refractivity contribution is 4.69. The lowest BCUT2D eigenvalue weighted by Gasteiger charge is -2.26. The van der Waals surface area contributed by atoms with Crippen molar-refractivity contribution in [3.8, 4) is 0 Å². The molecule has 0 saturated heterocycles. The van der Waals surface area contributed by atoms with Gasteiger partial charge in [0.1, 0.15) is 0 Å². The summed E-state index contributed by atoms with van der Waals surface area (Å²) in [6, 6.07) is 0. The van der Waals surface area contributed by atoms with Gasteiger partial charge in [0.05, 0.1) is 0 Å². The molecule has 1 radical (unpaired) electrons. The van der Waals surface area contributed by atoms with Crippen LogP contribution in [0.5, 0.6) is 0 Å². The van der Waals surface area contributed by atoms with E-state index in [-0.39, 0.29) is 0 Å². The highest BCUT2D eigenvalue weighted by Crippen LogP contribution is 2.28. The Hall–Kier alpha value is 0. The van der Waals surface area contributed by atoms with Crippen molar-refractivity contribution in [1.29, 1.82) is 0 Å². The average Bonchev–Trinajstić information content (AvgIpc) is 1.64. The Kier molecular flexibility index (Phi) is 3.24. The van der Waals surface area contributed by atoms with E-state index < -0.39 is 0 Å². The van der Waals surface area contributed by atoms with E-state index in [9.17, 15) is 0 Å². The standard InChI is InChI=1S/C9H19/c1-6-7-8(2)9(3,4)5/h8H,1,6-7H2,2-5H3. The van der Waals surface area contributed by atoms with Gasteiger partial charge in [-0.25, -0.2) is 0 Å². The van der Waals surface area contributed by atoms with Crippen LogP contribution in [-0.4, -0.2) is 0 Å². The fraction of sp³-hybridized carbons (Fsp3) is 0.889. The summed E-state index contributed by atoms with van der Waals surface area (Å²) in [5.74, 6) is 0.801. The molecule has 0 amide bonds. The van der Waals surface area contributed by atoms with Crippen LogP contribution >= 0.6 is 0 Å². The lowest BCUT2D eigenvalue weighted by molar-refractivity contribution is 0.248. The van der Waals surface area contributed by atoms with Crippen LogP contribution in [0.25, 0.3) is 0 Å². The predicted octanol–water partition coefficient (Wildman–Crippen LogP) is 3.28. The van der Waals surface area contributed by atoms with Crippen LogP contribution in [0.15, 0.2) is 0 Å². The second-order valence-electron chi connectivity index (χ2n) is 3.91. The summed E-state index contributed by atoms with van der Waals surface area (Å²) in [7, 11) is 0. The Balaban J connectivity index is 3.59. The average molecular weight is 127 g/mol. The zero-order chi connectivity index (χ0) is 7.49. The Bertz CT molecular complexity index is 66.6. The summed E-state index contributed by atoms with van der Waals surface area (Å²) in [6.45, 7) is 13.0. The maximum absolute atomic E-state index is 3.84. The third kappa shape index (κ3) is 3.56. The molecule has 9 heavy (non-hydrogen) atoms. The first-order valence-corrected chi connectivity index (χ1v) is 3.77. The molecule has 0 fully saturated rings. The molecule has 0 N–H and O–H groups in total. The van der Waals surface area contributed by atoms with Crippen molar-refractivity contribution in [2.45, 2.75) is 40.5 Å². The van der Waals surface area contributed by atoms with E-state index in [0.717, 1.165) is 12.3 Å². The normalized spacial score (nSPS) is 15.7. The van der Waals surface area contributed by atoms with Gasteiger partial charge in [0, 0.05) is 0 Å². The molecule has 0 aromatic heterocycles. The summed E-state index contributed by atoms with van der Waals surface area (Å²) < 4.78 is 0. The smallest absolute Gasteiger partial charge is 0.0357 e. The van der Waals surface area contributed by atoms with Gasteiger partial charge in [-0.3, -0.25) is 0 Å². The topological polar surface area (TPSA) is 0 Å². The van der Waals surface area contributed by atoms with Gasteiger partial charge in [-0.1, -0.05) is 47.5 Å².